The molecular formula is C11H15NS. The monoisotopic (exact) mass is 193 g/mol. The third kappa shape index (κ3) is 1.79. The Labute approximate surface area is 83.2 Å². The summed E-state index contributed by atoms with van der Waals surface area (Å²) in [5, 5.41) is 5.81. The summed E-state index contributed by atoms with van der Waals surface area (Å²) in [5.41, 5.74) is 0. The molecule has 1 N–H and O–H groups in total. The Kier molecular flexibility index (Phi) is 1.91. The van der Waals surface area contributed by atoms with Crippen molar-refractivity contribution in [2.75, 3.05) is 6.54 Å². The second-order valence-corrected chi connectivity index (χ2v) is 5.28. The molecule has 0 bridgehead atoms. The Hall–Kier alpha value is -0.340. The van der Waals surface area contributed by atoms with Crippen LogP contribution in [0.5, 0.6) is 0 Å². The third-order valence-electron chi connectivity index (χ3n) is 3.08. The van der Waals surface area contributed by atoms with Crippen LogP contribution in [0, 0.1) is 5.92 Å². The van der Waals surface area contributed by atoms with Crippen molar-refractivity contribution in [1.82, 2.24) is 5.32 Å². The van der Waals surface area contributed by atoms with Gasteiger partial charge in [-0.15, -0.1) is 11.3 Å². The molecule has 0 radical (unpaired) electrons. The number of rotatable bonds is 4. The first-order valence-corrected chi connectivity index (χ1v) is 6.08. The molecule has 1 aromatic rings. The van der Waals surface area contributed by atoms with Crippen LogP contribution in [0.3, 0.4) is 0 Å². The molecule has 3 rings (SSSR count). The number of hydrogen-bond acceptors (Lipinski definition) is 2. The van der Waals surface area contributed by atoms with Crippen molar-refractivity contribution < 1.29 is 0 Å². The zero-order chi connectivity index (χ0) is 8.67. The van der Waals surface area contributed by atoms with Crippen LogP contribution >= 0.6 is 11.3 Å². The van der Waals surface area contributed by atoms with Crippen molar-refractivity contribution in [2.45, 2.75) is 31.2 Å². The number of hydrogen-bond donors (Lipinski definition) is 1. The fourth-order valence-electron chi connectivity index (χ4n) is 1.93. The highest BCUT2D eigenvalue weighted by molar-refractivity contribution is 7.10. The van der Waals surface area contributed by atoms with Crippen LogP contribution in [-0.4, -0.2) is 12.6 Å². The summed E-state index contributed by atoms with van der Waals surface area (Å²) in [7, 11) is 0. The van der Waals surface area contributed by atoms with Gasteiger partial charge in [-0.2, -0.15) is 0 Å². The summed E-state index contributed by atoms with van der Waals surface area (Å²) in [6.07, 6.45) is 4.24. The molecule has 2 aliphatic carbocycles. The Balaban J connectivity index is 1.49. The smallest absolute Gasteiger partial charge is 0.00795 e. The van der Waals surface area contributed by atoms with Gasteiger partial charge in [-0.1, -0.05) is 6.07 Å². The van der Waals surface area contributed by atoms with E-state index in [2.05, 4.69) is 22.8 Å². The van der Waals surface area contributed by atoms with Gasteiger partial charge in [0.05, 0.1) is 0 Å². The van der Waals surface area contributed by atoms with Crippen LogP contribution in [0.15, 0.2) is 17.5 Å². The first-order chi connectivity index (χ1) is 6.43. The zero-order valence-electron chi connectivity index (χ0n) is 7.70. The topological polar surface area (TPSA) is 12.0 Å². The number of thiophene rings is 1. The lowest BCUT2D eigenvalue weighted by Crippen LogP contribution is -2.19. The lowest BCUT2D eigenvalue weighted by Gasteiger charge is -1.99. The van der Waals surface area contributed by atoms with Crippen molar-refractivity contribution in [3.05, 3.63) is 22.4 Å². The summed E-state index contributed by atoms with van der Waals surface area (Å²) in [6.45, 7) is 1.26. The van der Waals surface area contributed by atoms with Gasteiger partial charge in [-0.25, -0.2) is 0 Å². The van der Waals surface area contributed by atoms with Gasteiger partial charge in [0.25, 0.3) is 0 Å². The van der Waals surface area contributed by atoms with E-state index in [4.69, 9.17) is 0 Å². The summed E-state index contributed by atoms with van der Waals surface area (Å²) in [6, 6.07) is 5.33. The molecule has 0 aliphatic heterocycles. The lowest BCUT2D eigenvalue weighted by molar-refractivity contribution is 0.625. The molecule has 0 amide bonds. The minimum absolute atomic E-state index is 0.879. The van der Waals surface area contributed by atoms with Crippen molar-refractivity contribution in [3.8, 4) is 0 Å². The van der Waals surface area contributed by atoms with Crippen LogP contribution in [0.1, 0.15) is 30.1 Å². The van der Waals surface area contributed by atoms with Gasteiger partial charge in [0, 0.05) is 10.9 Å². The maximum atomic E-state index is 3.62. The molecule has 1 nitrogen and oxygen atoms in total. The SMILES string of the molecule is c1csc(C2CC2CNC2CC2)c1. The highest BCUT2D eigenvalue weighted by Gasteiger charge is 2.39. The fraction of sp³-hybridized carbons (Fsp3) is 0.636. The van der Waals surface area contributed by atoms with Gasteiger partial charge in [0.1, 0.15) is 0 Å². The largest absolute Gasteiger partial charge is 0.314 e. The molecule has 2 heteroatoms. The maximum absolute atomic E-state index is 3.62. The highest BCUT2D eigenvalue weighted by atomic mass is 32.1. The van der Waals surface area contributed by atoms with E-state index in [1.165, 1.54) is 25.8 Å². The molecule has 13 heavy (non-hydrogen) atoms. The van der Waals surface area contributed by atoms with E-state index in [1.807, 2.05) is 11.3 Å². The number of nitrogens with one attached hydrogen (secondary N) is 1. The van der Waals surface area contributed by atoms with Crippen molar-refractivity contribution >= 4 is 11.3 Å². The molecule has 1 aromatic heterocycles. The van der Waals surface area contributed by atoms with E-state index >= 15 is 0 Å². The van der Waals surface area contributed by atoms with E-state index in [1.54, 1.807) is 4.88 Å². The first-order valence-electron chi connectivity index (χ1n) is 5.20. The predicted octanol–water partition coefficient (Wildman–Crippen LogP) is 2.60. The van der Waals surface area contributed by atoms with E-state index < -0.39 is 0 Å². The van der Waals surface area contributed by atoms with Crippen molar-refractivity contribution in [3.63, 3.8) is 0 Å². The average Bonchev–Trinajstić information content (AvgIpc) is 3.04. The second-order valence-electron chi connectivity index (χ2n) is 4.30. The first kappa shape index (κ1) is 8.01. The molecule has 2 saturated carbocycles. The van der Waals surface area contributed by atoms with E-state index in [9.17, 15) is 0 Å². The Bertz CT molecular complexity index is 276. The molecule has 70 valence electrons. The van der Waals surface area contributed by atoms with Gasteiger partial charge < -0.3 is 5.32 Å². The molecule has 2 fully saturated rings. The Morgan fingerprint density at radius 1 is 1.46 bits per heavy atom. The van der Waals surface area contributed by atoms with Gasteiger partial charge in [0.15, 0.2) is 0 Å². The molecule has 2 unspecified atom stereocenters. The second kappa shape index (κ2) is 3.10. The summed E-state index contributed by atoms with van der Waals surface area (Å²) < 4.78 is 0. The average molecular weight is 193 g/mol. The molecule has 1 heterocycles. The standard InChI is InChI=1S/C11H15NS/c1-2-11(13-5-1)10-6-8(10)7-12-9-3-4-9/h1-2,5,8-10,12H,3-4,6-7H2. The zero-order valence-corrected chi connectivity index (χ0v) is 8.52. The Morgan fingerprint density at radius 3 is 3.08 bits per heavy atom. The van der Waals surface area contributed by atoms with Crippen LogP contribution in [0.2, 0.25) is 0 Å². The molecule has 0 saturated heterocycles. The molecular weight excluding hydrogens is 178 g/mol. The molecule has 0 spiro atoms. The van der Waals surface area contributed by atoms with E-state index in [-0.39, 0.29) is 0 Å². The Morgan fingerprint density at radius 2 is 2.38 bits per heavy atom. The van der Waals surface area contributed by atoms with Crippen molar-refractivity contribution in [2.24, 2.45) is 5.92 Å². The fourth-order valence-corrected chi connectivity index (χ4v) is 2.86. The molecule has 0 aromatic carbocycles. The predicted molar refractivity (Wildman–Crippen MR) is 56.2 cm³/mol. The quantitative estimate of drug-likeness (QED) is 0.775. The van der Waals surface area contributed by atoms with Crippen LogP contribution in [-0.2, 0) is 0 Å². The minimum atomic E-state index is 0.879. The van der Waals surface area contributed by atoms with Crippen molar-refractivity contribution in [1.29, 1.82) is 0 Å². The molecule has 2 atom stereocenters. The van der Waals surface area contributed by atoms with Crippen LogP contribution in [0.4, 0.5) is 0 Å². The summed E-state index contributed by atoms with van der Waals surface area (Å²) in [4.78, 5) is 1.60. The third-order valence-corrected chi connectivity index (χ3v) is 4.08. The lowest BCUT2D eigenvalue weighted by atomic mass is 10.2. The van der Waals surface area contributed by atoms with Crippen LogP contribution in [0.25, 0.3) is 0 Å². The van der Waals surface area contributed by atoms with Crippen LogP contribution < -0.4 is 5.32 Å². The van der Waals surface area contributed by atoms with Gasteiger partial charge in [0.2, 0.25) is 0 Å². The minimum Gasteiger partial charge on any atom is -0.314 e. The van der Waals surface area contributed by atoms with E-state index in [0.717, 1.165) is 17.9 Å². The summed E-state index contributed by atoms with van der Waals surface area (Å²) in [5.74, 6) is 1.84. The summed E-state index contributed by atoms with van der Waals surface area (Å²) >= 11 is 1.92. The normalized spacial score (nSPS) is 32.0. The molecule has 2 aliphatic rings. The highest BCUT2D eigenvalue weighted by Crippen LogP contribution is 2.48. The maximum Gasteiger partial charge on any atom is 0.00795 e. The van der Waals surface area contributed by atoms with Gasteiger partial charge in [-0.3, -0.25) is 0 Å². The van der Waals surface area contributed by atoms with Gasteiger partial charge >= 0.3 is 0 Å². The van der Waals surface area contributed by atoms with Gasteiger partial charge in [-0.05, 0) is 49.1 Å². The van der Waals surface area contributed by atoms with E-state index in [0.29, 0.717) is 0 Å².